The Bertz CT molecular complexity index is 796. The number of amides is 1. The molecule has 0 radical (unpaired) electrons. The summed E-state index contributed by atoms with van der Waals surface area (Å²) in [6, 6.07) is 3.89. The van der Waals surface area contributed by atoms with Crippen molar-refractivity contribution in [2.24, 2.45) is 5.92 Å². The van der Waals surface area contributed by atoms with Gasteiger partial charge < -0.3 is 14.4 Å². The molecule has 1 aliphatic carbocycles. The number of fused-ring (bicyclic) bond motifs is 1. The first-order valence-electron chi connectivity index (χ1n) is 8.83. The van der Waals surface area contributed by atoms with E-state index in [4.69, 9.17) is 9.47 Å². The highest BCUT2D eigenvalue weighted by molar-refractivity contribution is 9.10. The Morgan fingerprint density at radius 1 is 1.38 bits per heavy atom. The zero-order valence-electron chi connectivity index (χ0n) is 15.7. The summed E-state index contributed by atoms with van der Waals surface area (Å²) in [5.41, 5.74) is 1.29. The van der Waals surface area contributed by atoms with Gasteiger partial charge in [-0.05, 0) is 67.6 Å². The maximum Gasteiger partial charge on any atom is 0.410 e. The topological polar surface area (TPSA) is 69.5 Å². The Hall–Kier alpha value is -1.83. The second-order valence-corrected chi connectivity index (χ2v) is 8.50. The summed E-state index contributed by atoms with van der Waals surface area (Å²) >= 11 is 3.57. The first-order chi connectivity index (χ1) is 12.2. The third kappa shape index (κ3) is 4.66. The number of halogens is 1. The van der Waals surface area contributed by atoms with Crippen LogP contribution in [0.2, 0.25) is 0 Å². The molecule has 7 nitrogen and oxygen atoms in total. The van der Waals surface area contributed by atoms with Gasteiger partial charge in [0.25, 0.3) is 0 Å². The molecule has 2 aromatic rings. The molecule has 1 heterocycles. The van der Waals surface area contributed by atoms with Crippen LogP contribution in [0.5, 0.6) is 5.75 Å². The van der Waals surface area contributed by atoms with Crippen LogP contribution in [0.25, 0.3) is 11.0 Å². The average molecular weight is 425 g/mol. The van der Waals surface area contributed by atoms with E-state index in [1.54, 1.807) is 7.05 Å². The Kier molecular flexibility index (Phi) is 5.41. The van der Waals surface area contributed by atoms with Gasteiger partial charge in [-0.3, -0.25) is 0 Å². The monoisotopic (exact) mass is 424 g/mol. The Labute approximate surface area is 161 Å². The van der Waals surface area contributed by atoms with E-state index in [2.05, 4.69) is 26.2 Å². The molecule has 0 aliphatic heterocycles. The lowest BCUT2D eigenvalue weighted by molar-refractivity contribution is 0.0278. The highest BCUT2D eigenvalue weighted by atomic mass is 79.9. The van der Waals surface area contributed by atoms with E-state index in [-0.39, 0.29) is 6.09 Å². The molecule has 1 aromatic heterocycles. The second kappa shape index (κ2) is 7.42. The predicted molar refractivity (Wildman–Crippen MR) is 102 cm³/mol. The molecule has 8 heteroatoms. The van der Waals surface area contributed by atoms with Crippen LogP contribution < -0.4 is 4.74 Å². The van der Waals surface area contributed by atoms with Gasteiger partial charge in [0.1, 0.15) is 23.5 Å². The first kappa shape index (κ1) is 18.9. The first-order valence-corrected chi connectivity index (χ1v) is 9.62. The van der Waals surface area contributed by atoms with Gasteiger partial charge in [0.15, 0.2) is 0 Å². The van der Waals surface area contributed by atoms with E-state index in [9.17, 15) is 4.79 Å². The smallest absolute Gasteiger partial charge is 0.410 e. The summed E-state index contributed by atoms with van der Waals surface area (Å²) in [6.45, 7) is 7.24. The SMILES string of the molecule is CN(CCOc1ccc2c(nnn2CC2CC2)c1Br)C(=O)OC(C)(C)C. The fraction of sp³-hybridized carbons (Fsp3) is 0.611. The molecular formula is C18H25BrN4O3. The van der Waals surface area contributed by atoms with Crippen molar-refractivity contribution in [2.75, 3.05) is 20.2 Å². The predicted octanol–water partition coefficient (Wildman–Crippen LogP) is 3.85. The Morgan fingerprint density at radius 2 is 2.12 bits per heavy atom. The third-order valence-electron chi connectivity index (χ3n) is 4.11. The molecule has 0 saturated heterocycles. The fourth-order valence-corrected chi connectivity index (χ4v) is 3.03. The van der Waals surface area contributed by atoms with E-state index in [1.165, 1.54) is 17.7 Å². The van der Waals surface area contributed by atoms with Gasteiger partial charge in [-0.15, -0.1) is 5.10 Å². The van der Waals surface area contributed by atoms with Crippen LogP contribution in [0, 0.1) is 5.92 Å². The molecule has 26 heavy (non-hydrogen) atoms. The standard InChI is InChI=1S/C18H25BrN4O3/c1-18(2,3)26-17(24)22(4)9-10-25-14-8-7-13-16(15(14)19)20-21-23(13)11-12-5-6-12/h7-8,12H,5-6,9-11H2,1-4H3. The highest BCUT2D eigenvalue weighted by Gasteiger charge is 2.24. The van der Waals surface area contributed by atoms with Crippen LogP contribution in [-0.4, -0.2) is 51.8 Å². The fourth-order valence-electron chi connectivity index (χ4n) is 2.50. The minimum atomic E-state index is -0.507. The number of likely N-dealkylation sites (N-methyl/N-ethyl adjacent to an activating group) is 1. The summed E-state index contributed by atoms with van der Waals surface area (Å²) in [7, 11) is 1.69. The normalized spacial score (nSPS) is 14.5. The van der Waals surface area contributed by atoms with Crippen molar-refractivity contribution >= 4 is 33.1 Å². The van der Waals surface area contributed by atoms with Crippen molar-refractivity contribution in [3.05, 3.63) is 16.6 Å². The summed E-state index contributed by atoms with van der Waals surface area (Å²) in [4.78, 5) is 13.5. The molecule has 1 amide bonds. The van der Waals surface area contributed by atoms with E-state index >= 15 is 0 Å². The number of hydrogen-bond acceptors (Lipinski definition) is 5. The van der Waals surface area contributed by atoms with Gasteiger partial charge >= 0.3 is 6.09 Å². The number of benzene rings is 1. The Morgan fingerprint density at radius 3 is 2.77 bits per heavy atom. The van der Waals surface area contributed by atoms with Gasteiger partial charge in [0.05, 0.1) is 16.5 Å². The molecule has 1 aromatic carbocycles. The van der Waals surface area contributed by atoms with Gasteiger partial charge in [-0.2, -0.15) is 0 Å². The van der Waals surface area contributed by atoms with Crippen molar-refractivity contribution in [3.63, 3.8) is 0 Å². The Balaban J connectivity index is 1.59. The molecule has 0 spiro atoms. The number of hydrogen-bond donors (Lipinski definition) is 0. The van der Waals surface area contributed by atoms with Crippen molar-refractivity contribution in [2.45, 2.75) is 45.8 Å². The molecule has 0 unspecified atom stereocenters. The number of rotatable bonds is 6. The van der Waals surface area contributed by atoms with Gasteiger partial charge in [0.2, 0.25) is 0 Å². The molecule has 0 bridgehead atoms. The van der Waals surface area contributed by atoms with Crippen LogP contribution in [0.1, 0.15) is 33.6 Å². The quantitative estimate of drug-likeness (QED) is 0.703. The molecule has 1 aliphatic rings. The molecule has 1 saturated carbocycles. The lowest BCUT2D eigenvalue weighted by atomic mass is 10.2. The van der Waals surface area contributed by atoms with Gasteiger partial charge in [-0.25, -0.2) is 9.48 Å². The molecular weight excluding hydrogens is 400 g/mol. The van der Waals surface area contributed by atoms with Gasteiger partial charge in [-0.1, -0.05) is 5.21 Å². The highest BCUT2D eigenvalue weighted by Crippen LogP contribution is 2.34. The number of carbonyl (C=O) groups excluding carboxylic acids is 1. The zero-order chi connectivity index (χ0) is 18.9. The van der Waals surface area contributed by atoms with E-state index in [1.807, 2.05) is 37.6 Å². The molecule has 0 atom stereocenters. The van der Waals surface area contributed by atoms with Crippen molar-refractivity contribution < 1.29 is 14.3 Å². The summed E-state index contributed by atoms with van der Waals surface area (Å²) < 4.78 is 13.9. The number of ether oxygens (including phenoxy) is 2. The second-order valence-electron chi connectivity index (χ2n) is 7.71. The van der Waals surface area contributed by atoms with Crippen LogP contribution in [0.15, 0.2) is 16.6 Å². The number of aromatic nitrogens is 3. The minimum Gasteiger partial charge on any atom is -0.490 e. The van der Waals surface area contributed by atoms with E-state index in [0.29, 0.717) is 18.9 Å². The van der Waals surface area contributed by atoms with E-state index < -0.39 is 5.60 Å². The van der Waals surface area contributed by atoms with Crippen LogP contribution in [0.3, 0.4) is 0 Å². The summed E-state index contributed by atoms with van der Waals surface area (Å²) in [5, 5.41) is 8.53. The number of nitrogens with zero attached hydrogens (tertiary/aromatic N) is 4. The third-order valence-corrected chi connectivity index (χ3v) is 4.87. The van der Waals surface area contributed by atoms with Crippen LogP contribution in [-0.2, 0) is 11.3 Å². The summed E-state index contributed by atoms with van der Waals surface area (Å²) in [6.07, 6.45) is 2.18. The minimum absolute atomic E-state index is 0.357. The summed E-state index contributed by atoms with van der Waals surface area (Å²) in [5.74, 6) is 1.42. The number of carbonyl (C=O) groups is 1. The zero-order valence-corrected chi connectivity index (χ0v) is 17.2. The van der Waals surface area contributed by atoms with Crippen LogP contribution >= 0.6 is 15.9 Å². The van der Waals surface area contributed by atoms with E-state index in [0.717, 1.165) is 28.0 Å². The molecule has 142 valence electrons. The van der Waals surface area contributed by atoms with Crippen LogP contribution in [0.4, 0.5) is 4.79 Å². The van der Waals surface area contributed by atoms with Crippen molar-refractivity contribution in [3.8, 4) is 5.75 Å². The largest absolute Gasteiger partial charge is 0.490 e. The molecule has 3 rings (SSSR count). The maximum absolute atomic E-state index is 12.0. The lowest BCUT2D eigenvalue weighted by Gasteiger charge is -2.24. The maximum atomic E-state index is 12.0. The molecule has 0 N–H and O–H groups in total. The molecule has 1 fully saturated rings. The lowest BCUT2D eigenvalue weighted by Crippen LogP contribution is -2.36. The van der Waals surface area contributed by atoms with Crippen molar-refractivity contribution in [1.82, 2.24) is 19.9 Å². The van der Waals surface area contributed by atoms with Crippen molar-refractivity contribution in [1.29, 1.82) is 0 Å². The average Bonchev–Trinajstić information content (AvgIpc) is 3.27. The van der Waals surface area contributed by atoms with Gasteiger partial charge in [0, 0.05) is 13.6 Å².